The summed E-state index contributed by atoms with van der Waals surface area (Å²) in [5, 5.41) is 3.48. The van der Waals surface area contributed by atoms with Crippen LogP contribution in [0.5, 0.6) is 0 Å². The molecule has 0 saturated carbocycles. The molecule has 1 fully saturated rings. The minimum Gasteiger partial charge on any atom is -0.327 e. The summed E-state index contributed by atoms with van der Waals surface area (Å²) in [6, 6.07) is 1.57. The molecule has 3 atom stereocenters. The number of nitrogens with zero attached hydrogens (tertiary/aromatic N) is 1. The molecule has 3 heteroatoms. The van der Waals surface area contributed by atoms with E-state index in [0.717, 1.165) is 26.1 Å². The molecule has 0 bridgehead atoms. The average Bonchev–Trinajstić information content (AvgIpc) is 2.13. The van der Waals surface area contributed by atoms with Crippen LogP contribution in [0.4, 0.5) is 0 Å². The molecular weight excluding hydrogens is 174 g/mol. The van der Waals surface area contributed by atoms with Crippen molar-refractivity contribution < 1.29 is 0 Å². The maximum Gasteiger partial charge on any atom is 0.0219 e. The van der Waals surface area contributed by atoms with Crippen LogP contribution in [0.15, 0.2) is 0 Å². The van der Waals surface area contributed by atoms with Gasteiger partial charge in [-0.3, -0.25) is 4.90 Å². The molecule has 84 valence electrons. The van der Waals surface area contributed by atoms with Gasteiger partial charge in [0.25, 0.3) is 0 Å². The number of nitrogens with one attached hydrogen (secondary N) is 1. The Labute approximate surface area is 88.0 Å². The first kappa shape index (κ1) is 12.0. The van der Waals surface area contributed by atoms with E-state index >= 15 is 0 Å². The summed E-state index contributed by atoms with van der Waals surface area (Å²) in [7, 11) is 0. The molecule has 1 saturated heterocycles. The van der Waals surface area contributed by atoms with E-state index in [2.05, 4.69) is 31.0 Å². The Morgan fingerprint density at radius 2 is 2.21 bits per heavy atom. The summed E-state index contributed by atoms with van der Waals surface area (Å²) < 4.78 is 0. The lowest BCUT2D eigenvalue weighted by Crippen LogP contribution is -2.57. The normalized spacial score (nSPS) is 31.7. The van der Waals surface area contributed by atoms with Crippen LogP contribution in [-0.4, -0.2) is 42.7 Å². The Balaban J connectivity index is 2.35. The third-order valence-corrected chi connectivity index (χ3v) is 3.29. The van der Waals surface area contributed by atoms with Gasteiger partial charge in [-0.1, -0.05) is 13.3 Å². The first-order chi connectivity index (χ1) is 6.65. The highest BCUT2D eigenvalue weighted by Crippen LogP contribution is 2.09. The summed E-state index contributed by atoms with van der Waals surface area (Å²) in [5.41, 5.74) is 6.06. The summed E-state index contributed by atoms with van der Waals surface area (Å²) in [4.78, 5) is 2.52. The maximum atomic E-state index is 6.06. The standard InChI is InChI=1S/C11H25N3/c1-4-5-11(12)8-14-7-6-13-9(2)10(14)3/h9-11,13H,4-8,12H2,1-3H3. The molecule has 14 heavy (non-hydrogen) atoms. The van der Waals surface area contributed by atoms with Gasteiger partial charge < -0.3 is 11.1 Å². The van der Waals surface area contributed by atoms with Gasteiger partial charge >= 0.3 is 0 Å². The summed E-state index contributed by atoms with van der Waals surface area (Å²) in [5.74, 6) is 0. The molecule has 1 heterocycles. The van der Waals surface area contributed by atoms with Crippen molar-refractivity contribution in [2.45, 2.75) is 51.7 Å². The van der Waals surface area contributed by atoms with Crippen molar-refractivity contribution in [1.29, 1.82) is 0 Å². The van der Waals surface area contributed by atoms with Crippen LogP contribution in [0.2, 0.25) is 0 Å². The van der Waals surface area contributed by atoms with E-state index in [1.807, 2.05) is 0 Å². The first-order valence-electron chi connectivity index (χ1n) is 5.88. The zero-order chi connectivity index (χ0) is 10.6. The highest BCUT2D eigenvalue weighted by Gasteiger charge is 2.24. The average molecular weight is 199 g/mol. The Morgan fingerprint density at radius 3 is 2.86 bits per heavy atom. The summed E-state index contributed by atoms with van der Waals surface area (Å²) >= 11 is 0. The Bertz CT molecular complexity index is 161. The Hall–Kier alpha value is -0.120. The molecule has 0 spiro atoms. The van der Waals surface area contributed by atoms with Crippen molar-refractivity contribution in [2.24, 2.45) is 5.73 Å². The molecule has 1 aliphatic heterocycles. The van der Waals surface area contributed by atoms with Crippen LogP contribution < -0.4 is 11.1 Å². The molecule has 0 aromatic rings. The van der Waals surface area contributed by atoms with E-state index < -0.39 is 0 Å². The van der Waals surface area contributed by atoms with Gasteiger partial charge in [0.05, 0.1) is 0 Å². The van der Waals surface area contributed by atoms with Crippen LogP contribution in [-0.2, 0) is 0 Å². The van der Waals surface area contributed by atoms with Gasteiger partial charge in [-0.05, 0) is 20.3 Å². The number of hydrogen-bond donors (Lipinski definition) is 2. The second kappa shape index (κ2) is 5.69. The lowest BCUT2D eigenvalue weighted by molar-refractivity contribution is 0.129. The second-order valence-corrected chi connectivity index (χ2v) is 4.53. The Kier molecular flexibility index (Phi) is 4.85. The van der Waals surface area contributed by atoms with Crippen molar-refractivity contribution in [2.75, 3.05) is 19.6 Å². The van der Waals surface area contributed by atoms with E-state index in [1.165, 1.54) is 6.42 Å². The van der Waals surface area contributed by atoms with Crippen molar-refractivity contribution >= 4 is 0 Å². The van der Waals surface area contributed by atoms with Gasteiger partial charge in [-0.15, -0.1) is 0 Å². The maximum absolute atomic E-state index is 6.06. The topological polar surface area (TPSA) is 41.3 Å². The van der Waals surface area contributed by atoms with E-state index in [-0.39, 0.29) is 0 Å². The predicted molar refractivity (Wildman–Crippen MR) is 61.4 cm³/mol. The lowest BCUT2D eigenvalue weighted by Gasteiger charge is -2.39. The molecule has 0 amide bonds. The zero-order valence-electron chi connectivity index (χ0n) is 9.79. The Morgan fingerprint density at radius 1 is 1.50 bits per heavy atom. The number of hydrogen-bond acceptors (Lipinski definition) is 3. The highest BCUT2D eigenvalue weighted by atomic mass is 15.2. The molecule has 0 radical (unpaired) electrons. The van der Waals surface area contributed by atoms with Gasteiger partial charge in [0.2, 0.25) is 0 Å². The first-order valence-corrected chi connectivity index (χ1v) is 5.88. The van der Waals surface area contributed by atoms with Crippen molar-refractivity contribution in [3.05, 3.63) is 0 Å². The van der Waals surface area contributed by atoms with Crippen molar-refractivity contribution in [1.82, 2.24) is 10.2 Å². The molecular formula is C11H25N3. The van der Waals surface area contributed by atoms with Crippen LogP contribution in [0.25, 0.3) is 0 Å². The summed E-state index contributed by atoms with van der Waals surface area (Å²) in [6.45, 7) is 10.0. The number of nitrogens with two attached hydrogens (primary N) is 1. The van der Waals surface area contributed by atoms with Gasteiger partial charge in [-0.25, -0.2) is 0 Å². The third-order valence-electron chi connectivity index (χ3n) is 3.29. The molecule has 3 nitrogen and oxygen atoms in total. The second-order valence-electron chi connectivity index (χ2n) is 4.53. The van der Waals surface area contributed by atoms with E-state index in [1.54, 1.807) is 0 Å². The monoisotopic (exact) mass is 199 g/mol. The fourth-order valence-electron chi connectivity index (χ4n) is 2.15. The minimum atomic E-state index is 0.354. The van der Waals surface area contributed by atoms with Crippen molar-refractivity contribution in [3.8, 4) is 0 Å². The molecule has 0 aliphatic carbocycles. The minimum absolute atomic E-state index is 0.354. The number of piperazine rings is 1. The molecule has 1 aliphatic rings. The zero-order valence-corrected chi connectivity index (χ0v) is 9.79. The van der Waals surface area contributed by atoms with E-state index in [4.69, 9.17) is 5.73 Å². The van der Waals surface area contributed by atoms with Crippen LogP contribution in [0, 0.1) is 0 Å². The highest BCUT2D eigenvalue weighted by molar-refractivity contribution is 4.85. The van der Waals surface area contributed by atoms with E-state index in [9.17, 15) is 0 Å². The molecule has 0 aromatic carbocycles. The fourth-order valence-corrected chi connectivity index (χ4v) is 2.15. The van der Waals surface area contributed by atoms with Gasteiger partial charge in [-0.2, -0.15) is 0 Å². The predicted octanol–water partition coefficient (Wildman–Crippen LogP) is 0.796. The summed E-state index contributed by atoms with van der Waals surface area (Å²) in [6.07, 6.45) is 2.34. The van der Waals surface area contributed by atoms with Crippen LogP contribution in [0.1, 0.15) is 33.6 Å². The van der Waals surface area contributed by atoms with Gasteiger partial charge in [0.15, 0.2) is 0 Å². The lowest BCUT2D eigenvalue weighted by atomic mass is 10.1. The molecule has 3 unspecified atom stereocenters. The largest absolute Gasteiger partial charge is 0.327 e. The molecule has 3 N–H and O–H groups in total. The third kappa shape index (κ3) is 3.23. The molecule has 1 rings (SSSR count). The van der Waals surface area contributed by atoms with Crippen LogP contribution in [0.3, 0.4) is 0 Å². The van der Waals surface area contributed by atoms with Gasteiger partial charge in [0.1, 0.15) is 0 Å². The van der Waals surface area contributed by atoms with Crippen LogP contribution >= 0.6 is 0 Å². The van der Waals surface area contributed by atoms with Gasteiger partial charge in [0, 0.05) is 37.8 Å². The number of rotatable bonds is 4. The SMILES string of the molecule is CCCC(N)CN1CCNC(C)C1C. The van der Waals surface area contributed by atoms with Crippen molar-refractivity contribution in [3.63, 3.8) is 0 Å². The quantitative estimate of drug-likeness (QED) is 0.703. The van der Waals surface area contributed by atoms with E-state index in [0.29, 0.717) is 18.1 Å². The molecule has 0 aromatic heterocycles. The smallest absolute Gasteiger partial charge is 0.0219 e. The fraction of sp³-hybridized carbons (Fsp3) is 1.00.